The quantitative estimate of drug-likeness (QED) is 0.600. The third-order valence-electron chi connectivity index (χ3n) is 5.25. The number of carbonyl (C=O) groups is 1. The van der Waals surface area contributed by atoms with Gasteiger partial charge in [0.15, 0.2) is 0 Å². The average molecular weight is 490 g/mol. The number of hydrogen-bond acceptors (Lipinski definition) is 5. The summed E-state index contributed by atoms with van der Waals surface area (Å²) in [6.07, 6.45) is -17.3. The average Bonchev–Trinajstić information content (AvgIpc) is 2.73. The van der Waals surface area contributed by atoms with Crippen LogP contribution in [-0.2, 0) is 16.0 Å². The summed E-state index contributed by atoms with van der Waals surface area (Å²) in [5.74, 6) is 0. The van der Waals surface area contributed by atoms with Crippen LogP contribution in [0.4, 0.5) is 36.8 Å². The van der Waals surface area contributed by atoms with Crippen molar-refractivity contribution in [1.82, 2.24) is 9.80 Å². The molecule has 2 aliphatic heterocycles. The minimum absolute atomic E-state index is 0.0647. The Morgan fingerprint density at radius 2 is 1.59 bits per heavy atom. The molecule has 0 unspecified atom stereocenters. The van der Waals surface area contributed by atoms with Crippen LogP contribution in [0.15, 0.2) is 18.2 Å². The lowest BCUT2D eigenvalue weighted by Gasteiger charge is -2.35. The number of anilines is 1. The fourth-order valence-electron chi connectivity index (χ4n) is 3.51. The van der Waals surface area contributed by atoms with E-state index in [1.165, 1.54) is 0 Å². The van der Waals surface area contributed by atoms with E-state index in [9.17, 15) is 31.1 Å². The molecule has 2 fully saturated rings. The zero-order valence-electron chi connectivity index (χ0n) is 16.9. The van der Waals surface area contributed by atoms with Gasteiger partial charge >= 0.3 is 18.4 Å². The molecular formula is C19H22ClF6N3O3. The Morgan fingerprint density at radius 1 is 1.00 bits per heavy atom. The van der Waals surface area contributed by atoms with Crippen molar-refractivity contribution in [1.29, 1.82) is 0 Å². The molecule has 32 heavy (non-hydrogen) atoms. The third-order valence-corrected chi connectivity index (χ3v) is 5.60. The maximum Gasteiger partial charge on any atom is 0.434 e. The van der Waals surface area contributed by atoms with Crippen molar-refractivity contribution in [3.63, 3.8) is 0 Å². The number of benzene rings is 1. The molecule has 2 heterocycles. The fraction of sp³-hybridized carbons (Fsp3) is 0.632. The van der Waals surface area contributed by atoms with Gasteiger partial charge in [0, 0.05) is 56.5 Å². The number of amides is 1. The Labute approximate surface area is 185 Å². The standard InChI is InChI=1S/C19H22ClF6N3O3/c20-15-11-14(28-7-9-31-10-8-28)2-1-13(15)12-27-3-5-29(6-4-27)17(30)32-16(18(21,22)23)19(24,25)26/h1-2,11,16H,3-10,12H2. The summed E-state index contributed by atoms with van der Waals surface area (Å²) in [6.45, 7) is 3.60. The van der Waals surface area contributed by atoms with Crippen molar-refractivity contribution >= 4 is 23.4 Å². The molecule has 2 aliphatic rings. The molecule has 6 nitrogen and oxygen atoms in total. The van der Waals surface area contributed by atoms with Crippen LogP contribution in [0.25, 0.3) is 0 Å². The van der Waals surface area contributed by atoms with E-state index in [0.29, 0.717) is 24.8 Å². The van der Waals surface area contributed by atoms with E-state index >= 15 is 0 Å². The van der Waals surface area contributed by atoms with Crippen LogP contribution in [0.2, 0.25) is 5.02 Å². The summed E-state index contributed by atoms with van der Waals surface area (Å²) in [5.41, 5.74) is 1.80. The highest BCUT2D eigenvalue weighted by Gasteiger charge is 2.60. The fourth-order valence-corrected chi connectivity index (χ4v) is 3.74. The van der Waals surface area contributed by atoms with Crippen LogP contribution >= 0.6 is 11.6 Å². The number of ether oxygens (including phenoxy) is 2. The zero-order chi connectivity index (χ0) is 23.5. The number of piperazine rings is 1. The minimum atomic E-state index is -5.74. The van der Waals surface area contributed by atoms with Crippen molar-refractivity contribution in [3.8, 4) is 0 Å². The summed E-state index contributed by atoms with van der Waals surface area (Å²) in [4.78, 5) is 16.8. The number of rotatable bonds is 4. The van der Waals surface area contributed by atoms with Crippen LogP contribution in [-0.4, -0.2) is 86.8 Å². The van der Waals surface area contributed by atoms with Gasteiger partial charge in [-0.25, -0.2) is 4.79 Å². The third kappa shape index (κ3) is 6.32. The molecule has 0 spiro atoms. The second-order valence-electron chi connectivity index (χ2n) is 7.49. The van der Waals surface area contributed by atoms with Crippen LogP contribution in [0.5, 0.6) is 0 Å². The second-order valence-corrected chi connectivity index (χ2v) is 7.89. The van der Waals surface area contributed by atoms with E-state index in [-0.39, 0.29) is 26.2 Å². The van der Waals surface area contributed by atoms with Gasteiger partial charge in [0.2, 0.25) is 0 Å². The lowest BCUT2D eigenvalue weighted by atomic mass is 10.1. The number of nitrogens with zero attached hydrogens (tertiary/aromatic N) is 3. The van der Waals surface area contributed by atoms with Crippen molar-refractivity contribution in [2.75, 3.05) is 57.4 Å². The molecule has 0 aromatic heterocycles. The van der Waals surface area contributed by atoms with E-state index in [2.05, 4.69) is 9.64 Å². The van der Waals surface area contributed by atoms with Gasteiger partial charge in [-0.15, -0.1) is 0 Å². The normalized spacial score (nSPS) is 18.9. The van der Waals surface area contributed by atoms with Crippen molar-refractivity contribution in [2.45, 2.75) is 25.0 Å². The Hall–Kier alpha value is -1.92. The van der Waals surface area contributed by atoms with Crippen molar-refractivity contribution in [2.24, 2.45) is 0 Å². The molecule has 3 rings (SSSR count). The van der Waals surface area contributed by atoms with Crippen LogP contribution < -0.4 is 4.90 Å². The number of halogens is 7. The first kappa shape index (κ1) is 24.7. The highest BCUT2D eigenvalue weighted by atomic mass is 35.5. The second kappa shape index (κ2) is 9.92. The SMILES string of the molecule is O=C(OC(C(F)(F)F)C(F)(F)F)N1CCN(Cc2ccc(N3CCOCC3)cc2Cl)CC1. The summed E-state index contributed by atoms with van der Waals surface area (Å²) in [6, 6.07) is 5.67. The smallest absolute Gasteiger partial charge is 0.426 e. The first-order valence-electron chi connectivity index (χ1n) is 9.87. The summed E-state index contributed by atoms with van der Waals surface area (Å²) in [5, 5.41) is 0.550. The monoisotopic (exact) mass is 489 g/mol. The lowest BCUT2D eigenvalue weighted by Crippen LogP contribution is -2.52. The maximum atomic E-state index is 12.6. The molecule has 180 valence electrons. The van der Waals surface area contributed by atoms with Gasteiger partial charge in [-0.2, -0.15) is 26.3 Å². The van der Waals surface area contributed by atoms with Crippen LogP contribution in [0, 0.1) is 0 Å². The number of carbonyl (C=O) groups excluding carboxylic acids is 1. The van der Waals surface area contributed by atoms with Gasteiger partial charge in [0.1, 0.15) is 0 Å². The minimum Gasteiger partial charge on any atom is -0.426 e. The first-order valence-corrected chi connectivity index (χ1v) is 10.3. The largest absolute Gasteiger partial charge is 0.434 e. The summed E-state index contributed by atoms with van der Waals surface area (Å²) >= 11 is 6.41. The van der Waals surface area contributed by atoms with Gasteiger partial charge in [-0.3, -0.25) is 4.90 Å². The zero-order valence-corrected chi connectivity index (χ0v) is 17.6. The molecule has 0 N–H and O–H groups in total. The molecule has 1 aromatic carbocycles. The summed E-state index contributed by atoms with van der Waals surface area (Å²) < 4.78 is 84.6. The first-order chi connectivity index (χ1) is 14.9. The molecule has 0 atom stereocenters. The molecule has 13 heteroatoms. The molecule has 0 radical (unpaired) electrons. The number of alkyl halides is 6. The van der Waals surface area contributed by atoms with Gasteiger partial charge in [-0.1, -0.05) is 17.7 Å². The molecule has 0 bridgehead atoms. The molecular weight excluding hydrogens is 468 g/mol. The van der Waals surface area contributed by atoms with Crippen LogP contribution in [0.1, 0.15) is 5.56 Å². The van der Waals surface area contributed by atoms with E-state index in [1.54, 1.807) is 0 Å². The van der Waals surface area contributed by atoms with E-state index in [1.807, 2.05) is 23.1 Å². The van der Waals surface area contributed by atoms with Crippen molar-refractivity contribution < 1.29 is 40.6 Å². The van der Waals surface area contributed by atoms with Gasteiger partial charge in [0.25, 0.3) is 6.10 Å². The predicted octanol–water partition coefficient (Wildman–Crippen LogP) is 3.92. The predicted molar refractivity (Wildman–Crippen MR) is 104 cm³/mol. The highest BCUT2D eigenvalue weighted by Crippen LogP contribution is 2.36. The number of hydrogen-bond donors (Lipinski definition) is 0. The van der Waals surface area contributed by atoms with Crippen LogP contribution in [0.3, 0.4) is 0 Å². The Bertz CT molecular complexity index is 779. The highest BCUT2D eigenvalue weighted by molar-refractivity contribution is 6.31. The maximum absolute atomic E-state index is 12.6. The molecule has 1 aromatic rings. The van der Waals surface area contributed by atoms with Gasteiger partial charge < -0.3 is 19.3 Å². The Balaban J connectivity index is 1.53. The Morgan fingerprint density at radius 3 is 2.12 bits per heavy atom. The molecule has 0 saturated carbocycles. The molecule has 1 amide bonds. The van der Waals surface area contributed by atoms with E-state index < -0.39 is 24.5 Å². The topological polar surface area (TPSA) is 45.2 Å². The Kier molecular flexibility index (Phi) is 7.66. The molecule has 2 saturated heterocycles. The van der Waals surface area contributed by atoms with Crippen molar-refractivity contribution in [3.05, 3.63) is 28.8 Å². The van der Waals surface area contributed by atoms with Gasteiger partial charge in [0.05, 0.1) is 13.2 Å². The van der Waals surface area contributed by atoms with Gasteiger partial charge in [-0.05, 0) is 17.7 Å². The lowest BCUT2D eigenvalue weighted by molar-refractivity contribution is -0.308. The summed E-state index contributed by atoms with van der Waals surface area (Å²) in [7, 11) is 0. The van der Waals surface area contributed by atoms with E-state index in [0.717, 1.165) is 29.2 Å². The number of morpholine rings is 1. The molecule has 0 aliphatic carbocycles. The van der Waals surface area contributed by atoms with E-state index in [4.69, 9.17) is 16.3 Å².